The summed E-state index contributed by atoms with van der Waals surface area (Å²) in [5.74, 6) is 0.799. The zero-order chi connectivity index (χ0) is 17.7. The van der Waals surface area contributed by atoms with E-state index in [2.05, 4.69) is 25.9 Å². The Bertz CT molecular complexity index is 1170. The number of hydrogen-bond acceptors (Lipinski definition) is 6. The minimum atomic E-state index is -3.11. The van der Waals surface area contributed by atoms with E-state index in [1.165, 1.54) is 0 Å². The minimum absolute atomic E-state index is 0.187. The number of aromatic nitrogens is 2. The Morgan fingerprint density at radius 1 is 1.08 bits per heavy atom. The molecule has 6 nitrogen and oxygen atoms in total. The number of fused-ring (bicyclic) bond motifs is 2. The van der Waals surface area contributed by atoms with Crippen LogP contribution in [0, 0.1) is 0 Å². The molecule has 26 heavy (non-hydrogen) atoms. The molecule has 7 heteroatoms. The van der Waals surface area contributed by atoms with E-state index < -0.39 is 9.84 Å². The molecule has 0 amide bonds. The van der Waals surface area contributed by atoms with Crippen molar-refractivity contribution in [3.63, 3.8) is 0 Å². The van der Waals surface area contributed by atoms with Gasteiger partial charge in [-0.2, -0.15) is 0 Å². The molecular formula is C19H16N4O2S. The highest BCUT2D eigenvalue weighted by Gasteiger charge is 2.26. The van der Waals surface area contributed by atoms with Crippen LogP contribution in [0.5, 0.6) is 0 Å². The van der Waals surface area contributed by atoms with E-state index in [1.807, 2.05) is 30.7 Å². The lowest BCUT2D eigenvalue weighted by Crippen LogP contribution is -2.17. The Morgan fingerprint density at radius 3 is 2.85 bits per heavy atom. The van der Waals surface area contributed by atoms with Crippen LogP contribution in [0.4, 0.5) is 5.69 Å². The first-order valence-electron chi connectivity index (χ1n) is 8.50. The van der Waals surface area contributed by atoms with E-state index in [0.717, 1.165) is 40.8 Å². The summed E-state index contributed by atoms with van der Waals surface area (Å²) in [6.45, 7) is 1.71. The first-order valence-corrected chi connectivity index (χ1v) is 10.1. The summed E-state index contributed by atoms with van der Waals surface area (Å²) in [5, 5.41) is 0.968. The predicted molar refractivity (Wildman–Crippen MR) is 101 cm³/mol. The van der Waals surface area contributed by atoms with Crippen molar-refractivity contribution in [2.24, 2.45) is 4.99 Å². The van der Waals surface area contributed by atoms with Gasteiger partial charge in [-0.15, -0.1) is 0 Å². The van der Waals surface area contributed by atoms with Crippen molar-refractivity contribution < 1.29 is 8.42 Å². The molecule has 130 valence electrons. The molecule has 0 N–H and O–H groups in total. The van der Waals surface area contributed by atoms with Gasteiger partial charge in [-0.25, -0.2) is 18.4 Å². The molecule has 1 aromatic heterocycles. The number of hydrogen-bond donors (Lipinski definition) is 0. The maximum absolute atomic E-state index is 12.0. The number of sulfone groups is 1. The zero-order valence-electron chi connectivity index (χ0n) is 14.0. The van der Waals surface area contributed by atoms with Crippen LogP contribution in [0.1, 0.15) is 5.56 Å². The van der Waals surface area contributed by atoms with Gasteiger partial charge in [0.1, 0.15) is 0 Å². The van der Waals surface area contributed by atoms with Crippen LogP contribution in [0.15, 0.2) is 52.5 Å². The van der Waals surface area contributed by atoms with Gasteiger partial charge in [0, 0.05) is 29.4 Å². The molecule has 0 saturated heterocycles. The fourth-order valence-electron chi connectivity index (χ4n) is 3.49. The molecule has 0 bridgehead atoms. The number of rotatable bonds is 2. The van der Waals surface area contributed by atoms with E-state index in [4.69, 9.17) is 0 Å². The monoisotopic (exact) mass is 364 g/mol. The highest BCUT2D eigenvalue weighted by molar-refractivity contribution is 7.91. The molecule has 0 spiro atoms. The molecular weight excluding hydrogens is 348 g/mol. The van der Waals surface area contributed by atoms with Crippen LogP contribution < -0.4 is 4.90 Å². The second-order valence-electron chi connectivity index (χ2n) is 6.54. The highest BCUT2D eigenvalue weighted by Crippen LogP contribution is 2.30. The normalized spacial score (nSPS) is 17.8. The Labute approximate surface area is 151 Å². The first-order chi connectivity index (χ1) is 12.6. The number of anilines is 1. The van der Waals surface area contributed by atoms with Crippen molar-refractivity contribution in [1.29, 1.82) is 0 Å². The van der Waals surface area contributed by atoms with Gasteiger partial charge in [0.15, 0.2) is 15.7 Å². The average Bonchev–Trinajstić information content (AvgIpc) is 3.29. The van der Waals surface area contributed by atoms with E-state index in [-0.39, 0.29) is 5.75 Å². The maximum Gasteiger partial charge on any atom is 0.178 e. The Kier molecular flexibility index (Phi) is 3.33. The van der Waals surface area contributed by atoms with Crippen molar-refractivity contribution in [2.45, 2.75) is 11.3 Å². The number of benzene rings is 2. The Hall–Kier alpha value is -2.80. The van der Waals surface area contributed by atoms with Crippen LogP contribution in [0.2, 0.25) is 0 Å². The highest BCUT2D eigenvalue weighted by atomic mass is 32.2. The third-order valence-electron chi connectivity index (χ3n) is 4.88. The van der Waals surface area contributed by atoms with Crippen LogP contribution in [0.25, 0.3) is 22.3 Å². The molecule has 2 aromatic carbocycles. The van der Waals surface area contributed by atoms with Gasteiger partial charge in [0.25, 0.3) is 0 Å². The largest absolute Gasteiger partial charge is 0.331 e. The van der Waals surface area contributed by atoms with Gasteiger partial charge in [-0.05, 0) is 48.4 Å². The van der Waals surface area contributed by atoms with Gasteiger partial charge < -0.3 is 4.90 Å². The summed E-state index contributed by atoms with van der Waals surface area (Å²) in [7, 11) is -3.11. The van der Waals surface area contributed by atoms with E-state index >= 15 is 0 Å². The first kappa shape index (κ1) is 15.5. The zero-order valence-corrected chi connectivity index (χ0v) is 14.8. The van der Waals surface area contributed by atoms with E-state index in [0.29, 0.717) is 17.1 Å². The van der Waals surface area contributed by atoms with Crippen molar-refractivity contribution >= 4 is 32.8 Å². The fraction of sp³-hybridized carbons (Fsp3) is 0.211. The number of aryl methyl sites for hydroxylation is 1. The quantitative estimate of drug-likeness (QED) is 0.698. The second kappa shape index (κ2) is 5.60. The number of nitrogens with zero attached hydrogens (tertiary/aromatic N) is 4. The van der Waals surface area contributed by atoms with Gasteiger partial charge >= 0.3 is 0 Å². The Morgan fingerprint density at radius 2 is 2.00 bits per heavy atom. The van der Waals surface area contributed by atoms with Gasteiger partial charge in [-0.3, -0.25) is 4.99 Å². The molecule has 2 aliphatic heterocycles. The molecule has 0 aliphatic carbocycles. The molecule has 0 radical (unpaired) electrons. The van der Waals surface area contributed by atoms with Crippen molar-refractivity contribution in [3.05, 3.63) is 48.2 Å². The summed E-state index contributed by atoms with van der Waals surface area (Å²) in [6, 6.07) is 11.4. The third-order valence-corrected chi connectivity index (χ3v) is 6.69. The molecule has 3 heterocycles. The molecule has 3 aromatic rings. The topological polar surface area (TPSA) is 75.5 Å². The summed E-state index contributed by atoms with van der Waals surface area (Å²) in [6.07, 6.45) is 4.23. The van der Waals surface area contributed by atoms with Gasteiger partial charge in [-0.1, -0.05) is 0 Å². The van der Waals surface area contributed by atoms with Crippen molar-refractivity contribution in [2.75, 3.05) is 23.7 Å². The van der Waals surface area contributed by atoms with Crippen LogP contribution in [0.3, 0.4) is 0 Å². The smallest absolute Gasteiger partial charge is 0.178 e. The molecule has 0 fully saturated rings. The van der Waals surface area contributed by atoms with Crippen molar-refractivity contribution in [3.8, 4) is 11.4 Å². The maximum atomic E-state index is 12.0. The Balaban J connectivity index is 1.54. The summed E-state index contributed by atoms with van der Waals surface area (Å²) in [5.41, 5.74) is 3.65. The molecule has 2 aliphatic rings. The number of aliphatic imine (C=N–C) groups is 1. The minimum Gasteiger partial charge on any atom is -0.331 e. The van der Waals surface area contributed by atoms with Crippen LogP contribution in [-0.2, 0) is 16.3 Å². The average molecular weight is 364 g/mol. The third kappa shape index (κ3) is 2.47. The molecule has 0 unspecified atom stereocenters. The standard InChI is InChI=1S/C19H16N4O2S/c24-26(25)8-5-13-9-14(1-4-18(13)26)19-21-11-15-10-16(2-3-17(15)22-19)23-7-6-20-12-23/h1-4,9-12H,5-8H2. The van der Waals surface area contributed by atoms with Gasteiger partial charge in [0.05, 0.1) is 29.0 Å². The van der Waals surface area contributed by atoms with Crippen molar-refractivity contribution in [1.82, 2.24) is 9.97 Å². The van der Waals surface area contributed by atoms with E-state index in [9.17, 15) is 8.42 Å². The van der Waals surface area contributed by atoms with Crippen LogP contribution in [-0.4, -0.2) is 43.6 Å². The SMILES string of the molecule is O=S1(=O)CCc2cc(-c3ncc4cc(N5C=NCC5)ccc4n3)ccc21. The lowest BCUT2D eigenvalue weighted by Gasteiger charge is -2.14. The molecule has 0 atom stereocenters. The fourth-order valence-corrected chi connectivity index (χ4v) is 5.03. The second-order valence-corrected chi connectivity index (χ2v) is 8.62. The van der Waals surface area contributed by atoms with Gasteiger partial charge in [0.2, 0.25) is 0 Å². The summed E-state index contributed by atoms with van der Waals surface area (Å²) in [4.78, 5) is 15.9. The van der Waals surface area contributed by atoms with E-state index in [1.54, 1.807) is 12.1 Å². The lowest BCUT2D eigenvalue weighted by molar-refractivity contribution is 0.600. The van der Waals surface area contributed by atoms with Crippen LogP contribution >= 0.6 is 0 Å². The predicted octanol–water partition coefficient (Wildman–Crippen LogP) is 2.47. The summed E-state index contributed by atoms with van der Waals surface area (Å²) >= 11 is 0. The summed E-state index contributed by atoms with van der Waals surface area (Å²) < 4.78 is 23.9. The molecule has 0 saturated carbocycles. The lowest BCUT2D eigenvalue weighted by atomic mass is 10.1. The molecule has 5 rings (SSSR count).